The predicted molar refractivity (Wildman–Crippen MR) is 62.5 cm³/mol. The lowest BCUT2D eigenvalue weighted by Crippen LogP contribution is -2.24. The van der Waals surface area contributed by atoms with Gasteiger partial charge in [0.15, 0.2) is 0 Å². The largest absolute Gasteiger partial charge is 0.416 e. The first-order chi connectivity index (χ1) is 8.25. The van der Waals surface area contributed by atoms with Crippen LogP contribution in [0.25, 0.3) is 0 Å². The molecular weight excluding hydrogens is 246 g/mol. The van der Waals surface area contributed by atoms with Gasteiger partial charge >= 0.3 is 6.18 Å². The Morgan fingerprint density at radius 1 is 1.28 bits per heavy atom. The minimum absolute atomic E-state index is 0.0281. The van der Waals surface area contributed by atoms with Crippen molar-refractivity contribution in [2.45, 2.75) is 26.1 Å². The molecule has 1 aromatic rings. The molecule has 5 heteroatoms. The Morgan fingerprint density at radius 3 is 2.28 bits per heavy atom. The van der Waals surface area contributed by atoms with E-state index in [0.717, 1.165) is 12.1 Å². The second kappa shape index (κ2) is 5.30. The fraction of sp³-hybridized carbons (Fsp3) is 0.385. The Labute approximate surface area is 103 Å². The van der Waals surface area contributed by atoms with Crippen molar-refractivity contribution in [2.24, 2.45) is 5.92 Å². The molecule has 1 N–H and O–H groups in total. The van der Waals surface area contributed by atoms with E-state index in [1.165, 1.54) is 0 Å². The number of hydrogen-bond donors (Lipinski definition) is 1. The van der Waals surface area contributed by atoms with Gasteiger partial charge in [-0.25, -0.2) is 4.39 Å². The molecule has 1 nitrogen and oxygen atoms in total. The molecule has 1 aromatic carbocycles. The lowest BCUT2D eigenvalue weighted by Gasteiger charge is -2.19. The van der Waals surface area contributed by atoms with Crippen LogP contribution in [0.4, 0.5) is 23.2 Å². The molecule has 0 aromatic heterocycles. The highest BCUT2D eigenvalue weighted by atomic mass is 19.4. The van der Waals surface area contributed by atoms with Gasteiger partial charge in [0.1, 0.15) is 5.82 Å². The quantitative estimate of drug-likeness (QED) is 0.641. The molecule has 1 rings (SSSR count). The van der Waals surface area contributed by atoms with E-state index in [2.05, 4.69) is 11.2 Å². The zero-order valence-electron chi connectivity index (χ0n) is 9.98. The first kappa shape index (κ1) is 14.4. The second-order valence-electron chi connectivity index (χ2n) is 4.23. The summed E-state index contributed by atoms with van der Waals surface area (Å²) in [6.45, 7) is 3.67. The van der Waals surface area contributed by atoms with Gasteiger partial charge in [-0.3, -0.25) is 0 Å². The number of alkyl halides is 3. The molecule has 0 aliphatic carbocycles. The van der Waals surface area contributed by atoms with Crippen LogP contribution < -0.4 is 5.32 Å². The number of anilines is 1. The van der Waals surface area contributed by atoms with E-state index in [-0.39, 0.29) is 11.6 Å². The topological polar surface area (TPSA) is 12.0 Å². The third-order valence-corrected chi connectivity index (χ3v) is 2.45. The highest BCUT2D eigenvalue weighted by Crippen LogP contribution is 2.31. The fourth-order valence-electron chi connectivity index (χ4n) is 1.38. The molecule has 18 heavy (non-hydrogen) atoms. The molecule has 0 saturated heterocycles. The predicted octanol–water partition coefficient (Wildman–Crippen LogP) is 3.91. The standard InChI is InChI=1S/C13H13F4N/c1-4-11(8(2)3)18-12-6-5-9(7-10(12)14)13(15,16)17/h1,5-8,11,18H,2-3H3. The minimum Gasteiger partial charge on any atom is -0.369 e. The Bertz CT molecular complexity index is 457. The molecule has 0 heterocycles. The number of hydrogen-bond acceptors (Lipinski definition) is 1. The number of nitrogens with one attached hydrogen (secondary N) is 1. The van der Waals surface area contributed by atoms with Crippen molar-refractivity contribution in [1.82, 2.24) is 0 Å². The Kier molecular flexibility index (Phi) is 4.23. The van der Waals surface area contributed by atoms with Crippen molar-refractivity contribution >= 4 is 5.69 Å². The molecular formula is C13H13F4N. The van der Waals surface area contributed by atoms with E-state index >= 15 is 0 Å². The molecule has 0 amide bonds. The summed E-state index contributed by atoms with van der Waals surface area (Å²) in [6.07, 6.45) is 0.703. The molecule has 0 spiro atoms. The van der Waals surface area contributed by atoms with Crippen LogP contribution in [0.2, 0.25) is 0 Å². The van der Waals surface area contributed by atoms with Gasteiger partial charge in [-0.1, -0.05) is 19.8 Å². The number of halogens is 4. The Balaban J connectivity index is 2.97. The van der Waals surface area contributed by atoms with Crippen molar-refractivity contribution in [1.29, 1.82) is 0 Å². The molecule has 0 aliphatic rings. The number of benzene rings is 1. The highest BCUT2D eigenvalue weighted by Gasteiger charge is 2.31. The van der Waals surface area contributed by atoms with Crippen LogP contribution in [0.15, 0.2) is 18.2 Å². The van der Waals surface area contributed by atoms with Crippen LogP contribution >= 0.6 is 0 Å². The van der Waals surface area contributed by atoms with Gasteiger partial charge in [0, 0.05) is 0 Å². The van der Waals surface area contributed by atoms with Crippen LogP contribution in [0.5, 0.6) is 0 Å². The van der Waals surface area contributed by atoms with Gasteiger partial charge < -0.3 is 5.32 Å². The molecule has 0 fully saturated rings. The Hall–Kier alpha value is -1.70. The van der Waals surface area contributed by atoms with Gasteiger partial charge in [0.05, 0.1) is 17.3 Å². The van der Waals surface area contributed by atoms with Crippen LogP contribution in [-0.2, 0) is 6.18 Å². The van der Waals surface area contributed by atoms with E-state index < -0.39 is 23.6 Å². The molecule has 98 valence electrons. The first-order valence-corrected chi connectivity index (χ1v) is 5.35. The maximum Gasteiger partial charge on any atom is 0.416 e. The summed E-state index contributed by atoms with van der Waals surface area (Å²) in [7, 11) is 0. The zero-order valence-corrected chi connectivity index (χ0v) is 9.98. The summed E-state index contributed by atoms with van der Waals surface area (Å²) in [5, 5.41) is 2.70. The van der Waals surface area contributed by atoms with Crippen LogP contribution in [0, 0.1) is 24.1 Å². The maximum absolute atomic E-state index is 13.5. The average Bonchev–Trinajstić information content (AvgIpc) is 2.25. The van der Waals surface area contributed by atoms with E-state index in [1.54, 1.807) is 0 Å². The van der Waals surface area contributed by atoms with Crippen molar-refractivity contribution in [2.75, 3.05) is 5.32 Å². The van der Waals surface area contributed by atoms with Gasteiger partial charge in [-0.05, 0) is 24.1 Å². The molecule has 1 unspecified atom stereocenters. The van der Waals surface area contributed by atoms with Crippen molar-refractivity contribution < 1.29 is 17.6 Å². The van der Waals surface area contributed by atoms with Crippen LogP contribution in [0.3, 0.4) is 0 Å². The van der Waals surface area contributed by atoms with E-state index in [9.17, 15) is 17.6 Å². The lowest BCUT2D eigenvalue weighted by atomic mass is 10.0. The summed E-state index contributed by atoms with van der Waals surface area (Å²) >= 11 is 0. The minimum atomic E-state index is -4.55. The van der Waals surface area contributed by atoms with Crippen LogP contribution in [-0.4, -0.2) is 6.04 Å². The summed E-state index contributed by atoms with van der Waals surface area (Å²) < 4.78 is 50.5. The Morgan fingerprint density at radius 2 is 1.89 bits per heavy atom. The summed E-state index contributed by atoms with van der Waals surface area (Å²) in [4.78, 5) is 0. The number of rotatable bonds is 3. The normalized spacial score (nSPS) is 13.2. The summed E-state index contributed by atoms with van der Waals surface area (Å²) in [6, 6.07) is 1.89. The van der Waals surface area contributed by atoms with E-state index in [1.807, 2.05) is 13.8 Å². The van der Waals surface area contributed by atoms with Gasteiger partial charge in [0.25, 0.3) is 0 Å². The molecule has 0 saturated carbocycles. The summed E-state index contributed by atoms with van der Waals surface area (Å²) in [5.41, 5.74) is -1.05. The van der Waals surface area contributed by atoms with E-state index in [4.69, 9.17) is 6.42 Å². The third-order valence-electron chi connectivity index (χ3n) is 2.45. The molecule has 0 radical (unpaired) electrons. The number of terminal acetylenes is 1. The van der Waals surface area contributed by atoms with Crippen LogP contribution in [0.1, 0.15) is 19.4 Å². The zero-order chi connectivity index (χ0) is 13.9. The second-order valence-corrected chi connectivity index (χ2v) is 4.23. The van der Waals surface area contributed by atoms with Gasteiger partial charge in [0.2, 0.25) is 0 Å². The highest BCUT2D eigenvalue weighted by molar-refractivity contribution is 5.49. The summed E-state index contributed by atoms with van der Waals surface area (Å²) in [5.74, 6) is 1.49. The third kappa shape index (κ3) is 3.39. The van der Waals surface area contributed by atoms with Gasteiger partial charge in [-0.2, -0.15) is 13.2 Å². The van der Waals surface area contributed by atoms with Gasteiger partial charge in [-0.15, -0.1) is 6.42 Å². The molecule has 0 aliphatic heterocycles. The van der Waals surface area contributed by atoms with Crippen molar-refractivity contribution in [3.05, 3.63) is 29.6 Å². The maximum atomic E-state index is 13.5. The fourth-order valence-corrected chi connectivity index (χ4v) is 1.38. The van der Waals surface area contributed by atoms with Crippen molar-refractivity contribution in [3.8, 4) is 12.3 Å². The molecule has 1 atom stereocenters. The SMILES string of the molecule is C#CC(Nc1ccc(C(F)(F)F)cc1F)C(C)C. The smallest absolute Gasteiger partial charge is 0.369 e. The average molecular weight is 259 g/mol. The van der Waals surface area contributed by atoms with Crippen molar-refractivity contribution in [3.63, 3.8) is 0 Å². The first-order valence-electron chi connectivity index (χ1n) is 5.35. The monoisotopic (exact) mass is 259 g/mol. The molecule has 0 bridgehead atoms. The van der Waals surface area contributed by atoms with E-state index in [0.29, 0.717) is 6.07 Å². The lowest BCUT2D eigenvalue weighted by molar-refractivity contribution is -0.137.